The van der Waals surface area contributed by atoms with Gasteiger partial charge in [-0.1, -0.05) is 18.2 Å². The summed E-state index contributed by atoms with van der Waals surface area (Å²) in [5.74, 6) is 0.828. The van der Waals surface area contributed by atoms with Crippen molar-refractivity contribution in [1.82, 2.24) is 15.4 Å². The van der Waals surface area contributed by atoms with Gasteiger partial charge in [-0.25, -0.2) is 0 Å². The molecule has 0 fully saturated rings. The quantitative estimate of drug-likeness (QED) is 0.611. The van der Waals surface area contributed by atoms with Gasteiger partial charge in [-0.05, 0) is 30.3 Å². The average molecular weight is 307 g/mol. The molecule has 2 aromatic heterocycles. The number of rotatable bonds is 3. The lowest BCUT2D eigenvalue weighted by Crippen LogP contribution is -1.85. The predicted octanol–water partition coefficient (Wildman–Crippen LogP) is 4.36. The number of methoxy groups -OCH3 is 1. The second-order valence-electron chi connectivity index (χ2n) is 4.89. The van der Waals surface area contributed by atoms with Gasteiger partial charge >= 0.3 is 0 Å². The first-order chi connectivity index (χ1) is 10.9. The number of thiophene rings is 1. The number of nitrogens with zero attached hydrogens (tertiary/aromatic N) is 2. The van der Waals surface area contributed by atoms with Crippen molar-refractivity contribution in [1.29, 1.82) is 0 Å². The predicted molar refractivity (Wildman–Crippen MR) is 89.2 cm³/mol. The normalized spacial score (nSPS) is 11.0. The summed E-state index contributed by atoms with van der Waals surface area (Å²) in [4.78, 5) is 0. The molecule has 0 unspecified atom stereocenters. The summed E-state index contributed by atoms with van der Waals surface area (Å²) < 4.78 is 6.46. The number of hydrogen-bond acceptors (Lipinski definition) is 4. The number of benzene rings is 2. The van der Waals surface area contributed by atoms with Crippen LogP contribution in [0.15, 0.2) is 53.9 Å². The van der Waals surface area contributed by atoms with Crippen LogP contribution in [0.25, 0.3) is 32.6 Å². The Labute approximate surface area is 131 Å². The highest BCUT2D eigenvalue weighted by atomic mass is 32.1. The fourth-order valence-electron chi connectivity index (χ4n) is 2.53. The van der Waals surface area contributed by atoms with Crippen molar-refractivity contribution < 1.29 is 4.74 Å². The van der Waals surface area contributed by atoms with Crippen LogP contribution in [-0.2, 0) is 0 Å². The molecular weight excluding hydrogens is 294 g/mol. The Hall–Kier alpha value is -2.66. The Bertz CT molecular complexity index is 924. The van der Waals surface area contributed by atoms with Gasteiger partial charge < -0.3 is 4.74 Å². The summed E-state index contributed by atoms with van der Waals surface area (Å²) >= 11 is 1.72. The standard InChI is InChI=1S/C17H13N3OS/c1-21-12-8-6-11(7-9-12)16-17(19-20-18-16)14-10-22-15-5-3-2-4-13(14)15/h2-10H,1H3,(H,18,19,20). The van der Waals surface area contributed by atoms with Gasteiger partial charge in [0.2, 0.25) is 0 Å². The maximum absolute atomic E-state index is 5.20. The zero-order chi connectivity index (χ0) is 14.9. The fraction of sp³-hybridized carbons (Fsp3) is 0.0588. The van der Waals surface area contributed by atoms with Gasteiger partial charge in [-0.15, -0.1) is 11.3 Å². The molecule has 0 saturated heterocycles. The molecule has 4 rings (SSSR count). The van der Waals surface area contributed by atoms with E-state index < -0.39 is 0 Å². The first-order valence-corrected chi connectivity index (χ1v) is 7.76. The second-order valence-corrected chi connectivity index (χ2v) is 5.81. The van der Waals surface area contributed by atoms with Crippen LogP contribution in [0.4, 0.5) is 0 Å². The zero-order valence-corrected chi connectivity index (χ0v) is 12.7. The van der Waals surface area contributed by atoms with Crippen LogP contribution in [0.5, 0.6) is 5.75 Å². The maximum atomic E-state index is 5.20. The Morgan fingerprint density at radius 3 is 2.55 bits per heavy atom. The van der Waals surface area contributed by atoms with Crippen LogP contribution in [0.2, 0.25) is 0 Å². The molecule has 0 aliphatic rings. The largest absolute Gasteiger partial charge is 0.497 e. The van der Waals surface area contributed by atoms with Crippen molar-refractivity contribution in [3.63, 3.8) is 0 Å². The molecule has 0 aliphatic heterocycles. The molecule has 0 saturated carbocycles. The molecule has 0 amide bonds. The smallest absolute Gasteiger partial charge is 0.122 e. The Kier molecular flexibility index (Phi) is 3.12. The molecule has 0 atom stereocenters. The van der Waals surface area contributed by atoms with Crippen LogP contribution < -0.4 is 4.74 Å². The molecule has 2 aromatic carbocycles. The summed E-state index contributed by atoms with van der Waals surface area (Å²) in [6.07, 6.45) is 0. The Balaban J connectivity index is 1.85. The minimum Gasteiger partial charge on any atom is -0.497 e. The molecule has 1 N–H and O–H groups in total. The van der Waals surface area contributed by atoms with E-state index in [1.807, 2.05) is 30.3 Å². The molecule has 5 heteroatoms. The lowest BCUT2D eigenvalue weighted by Gasteiger charge is -2.02. The van der Waals surface area contributed by atoms with Crippen molar-refractivity contribution in [2.75, 3.05) is 7.11 Å². The number of fused-ring (bicyclic) bond motifs is 1. The SMILES string of the molecule is COc1ccc(-c2n[nH]nc2-c2csc3ccccc23)cc1. The van der Waals surface area contributed by atoms with E-state index in [1.165, 1.54) is 10.1 Å². The van der Waals surface area contributed by atoms with Crippen LogP contribution in [0, 0.1) is 0 Å². The molecule has 4 nitrogen and oxygen atoms in total. The van der Waals surface area contributed by atoms with E-state index in [4.69, 9.17) is 4.74 Å². The Morgan fingerprint density at radius 2 is 1.73 bits per heavy atom. The highest BCUT2D eigenvalue weighted by molar-refractivity contribution is 7.17. The summed E-state index contributed by atoms with van der Waals surface area (Å²) in [6, 6.07) is 16.2. The number of H-pyrrole nitrogens is 1. The number of ether oxygens (including phenoxy) is 1. The third-order valence-corrected chi connectivity index (χ3v) is 4.61. The van der Waals surface area contributed by atoms with E-state index in [0.29, 0.717) is 0 Å². The van der Waals surface area contributed by atoms with Crippen molar-refractivity contribution in [2.45, 2.75) is 0 Å². The van der Waals surface area contributed by atoms with Gasteiger partial charge in [-0.3, -0.25) is 0 Å². The van der Waals surface area contributed by atoms with Crippen LogP contribution >= 0.6 is 11.3 Å². The van der Waals surface area contributed by atoms with Gasteiger partial charge in [0.05, 0.1) is 7.11 Å². The van der Waals surface area contributed by atoms with Gasteiger partial charge in [0, 0.05) is 26.6 Å². The zero-order valence-electron chi connectivity index (χ0n) is 11.9. The average Bonchev–Trinajstić information content (AvgIpc) is 3.21. The number of aromatic amines is 1. The highest BCUT2D eigenvalue weighted by Gasteiger charge is 2.16. The third kappa shape index (κ3) is 2.07. The molecule has 0 radical (unpaired) electrons. The summed E-state index contributed by atoms with van der Waals surface area (Å²) in [5.41, 5.74) is 3.86. The molecule has 2 heterocycles. The third-order valence-electron chi connectivity index (χ3n) is 3.65. The van der Waals surface area contributed by atoms with E-state index >= 15 is 0 Å². The lowest BCUT2D eigenvalue weighted by molar-refractivity contribution is 0.415. The molecule has 22 heavy (non-hydrogen) atoms. The molecular formula is C17H13N3OS. The van der Waals surface area contributed by atoms with E-state index in [1.54, 1.807) is 18.4 Å². The number of aromatic nitrogens is 3. The minimum atomic E-state index is 0.828. The van der Waals surface area contributed by atoms with Crippen LogP contribution in [-0.4, -0.2) is 22.5 Å². The van der Waals surface area contributed by atoms with Crippen molar-refractivity contribution in [2.24, 2.45) is 0 Å². The van der Waals surface area contributed by atoms with Crippen LogP contribution in [0.3, 0.4) is 0 Å². The van der Waals surface area contributed by atoms with Gasteiger partial charge in [0.25, 0.3) is 0 Å². The topological polar surface area (TPSA) is 50.8 Å². The molecule has 0 bridgehead atoms. The summed E-state index contributed by atoms with van der Waals surface area (Å²) in [6.45, 7) is 0. The van der Waals surface area contributed by atoms with Crippen molar-refractivity contribution in [3.05, 3.63) is 53.9 Å². The van der Waals surface area contributed by atoms with Crippen molar-refractivity contribution >= 4 is 21.4 Å². The van der Waals surface area contributed by atoms with E-state index in [-0.39, 0.29) is 0 Å². The molecule has 108 valence electrons. The van der Waals surface area contributed by atoms with Gasteiger partial charge in [0.1, 0.15) is 17.1 Å². The first kappa shape index (κ1) is 13.0. The summed E-state index contributed by atoms with van der Waals surface area (Å²) in [7, 11) is 1.66. The maximum Gasteiger partial charge on any atom is 0.122 e. The monoisotopic (exact) mass is 307 g/mol. The van der Waals surface area contributed by atoms with Crippen molar-refractivity contribution in [3.8, 4) is 28.3 Å². The Morgan fingerprint density at radius 1 is 0.955 bits per heavy atom. The highest BCUT2D eigenvalue weighted by Crippen LogP contribution is 2.37. The first-order valence-electron chi connectivity index (χ1n) is 6.88. The number of nitrogens with one attached hydrogen (secondary N) is 1. The summed E-state index contributed by atoms with van der Waals surface area (Å²) in [5, 5.41) is 14.8. The molecule has 4 aromatic rings. The minimum absolute atomic E-state index is 0.828. The van der Waals surface area contributed by atoms with Gasteiger partial charge in [0.15, 0.2) is 0 Å². The lowest BCUT2D eigenvalue weighted by atomic mass is 10.0. The van der Waals surface area contributed by atoms with E-state index in [9.17, 15) is 0 Å². The number of hydrogen-bond donors (Lipinski definition) is 1. The van der Waals surface area contributed by atoms with Gasteiger partial charge in [-0.2, -0.15) is 15.4 Å². The van der Waals surface area contributed by atoms with E-state index in [0.717, 1.165) is 28.3 Å². The molecule has 0 aliphatic carbocycles. The van der Waals surface area contributed by atoms with Crippen LogP contribution in [0.1, 0.15) is 0 Å². The van der Waals surface area contributed by atoms with E-state index in [2.05, 4.69) is 39.0 Å². The fourth-order valence-corrected chi connectivity index (χ4v) is 3.48. The molecule has 0 spiro atoms. The second kappa shape index (κ2) is 5.27.